The number of hydrogen-bond donors (Lipinski definition) is 1. The normalized spacial score (nSPS) is 16.1. The molecule has 1 aromatic carbocycles. The molecule has 0 spiro atoms. The number of nitrogens with zero attached hydrogens (tertiary/aromatic N) is 3. The van der Waals surface area contributed by atoms with Crippen molar-refractivity contribution in [3.63, 3.8) is 0 Å². The van der Waals surface area contributed by atoms with Crippen LogP contribution in [-0.4, -0.2) is 76.8 Å². The molecule has 0 unspecified atom stereocenters. The first-order chi connectivity index (χ1) is 13.6. The molecule has 1 aliphatic rings. The fourth-order valence-electron chi connectivity index (χ4n) is 3.79. The van der Waals surface area contributed by atoms with Gasteiger partial charge in [0.25, 0.3) is 0 Å². The van der Waals surface area contributed by atoms with Crippen LogP contribution in [0.1, 0.15) is 31.7 Å². The van der Waals surface area contributed by atoms with E-state index in [9.17, 15) is 0 Å². The maximum absolute atomic E-state index is 5.40. The Balaban J connectivity index is 1.78. The number of piperidine rings is 1. The van der Waals surface area contributed by atoms with E-state index < -0.39 is 0 Å². The van der Waals surface area contributed by atoms with Crippen LogP contribution in [0.4, 0.5) is 0 Å². The van der Waals surface area contributed by atoms with Crippen LogP contribution >= 0.6 is 0 Å². The lowest BCUT2D eigenvalue weighted by molar-refractivity contribution is 0.185. The standard InChI is InChI=1S/C22H38N4O2/c1-6-12-26-14-10-19(11-15-26)17-24-22(23-2)25(3)13-9-18-7-8-20(27-4)21(16-18)28-5/h7-8,16,19H,6,9-15,17H2,1-5H3,(H,23,24). The average molecular weight is 391 g/mol. The third-order valence-corrected chi connectivity index (χ3v) is 5.55. The highest BCUT2D eigenvalue weighted by Crippen LogP contribution is 2.27. The van der Waals surface area contributed by atoms with E-state index in [-0.39, 0.29) is 0 Å². The Labute approximate surface area is 170 Å². The Morgan fingerprint density at radius 1 is 1.21 bits per heavy atom. The van der Waals surface area contributed by atoms with Crippen molar-refractivity contribution in [3.05, 3.63) is 23.8 Å². The molecule has 1 N–H and O–H groups in total. The van der Waals surface area contributed by atoms with E-state index in [4.69, 9.17) is 9.47 Å². The summed E-state index contributed by atoms with van der Waals surface area (Å²) in [5.74, 6) is 3.25. The fourth-order valence-corrected chi connectivity index (χ4v) is 3.79. The Kier molecular flexibility index (Phi) is 9.41. The van der Waals surface area contributed by atoms with E-state index in [1.807, 2.05) is 19.2 Å². The molecule has 1 fully saturated rings. The van der Waals surface area contributed by atoms with E-state index in [1.54, 1.807) is 14.2 Å². The van der Waals surface area contributed by atoms with Gasteiger partial charge in [-0.05, 0) is 68.9 Å². The molecule has 6 heteroatoms. The number of benzene rings is 1. The fraction of sp³-hybridized carbons (Fsp3) is 0.682. The summed E-state index contributed by atoms with van der Waals surface area (Å²) in [7, 11) is 7.29. The second-order valence-electron chi connectivity index (χ2n) is 7.57. The minimum Gasteiger partial charge on any atom is -0.493 e. The van der Waals surface area contributed by atoms with E-state index in [0.717, 1.165) is 42.9 Å². The van der Waals surface area contributed by atoms with E-state index in [0.29, 0.717) is 0 Å². The van der Waals surface area contributed by atoms with Gasteiger partial charge in [-0.15, -0.1) is 0 Å². The van der Waals surface area contributed by atoms with Gasteiger partial charge in [-0.1, -0.05) is 13.0 Å². The highest BCUT2D eigenvalue weighted by molar-refractivity contribution is 5.79. The summed E-state index contributed by atoms with van der Waals surface area (Å²) in [6, 6.07) is 6.11. The molecule has 0 saturated carbocycles. The monoisotopic (exact) mass is 390 g/mol. The van der Waals surface area contributed by atoms with Crippen LogP contribution in [0.3, 0.4) is 0 Å². The number of likely N-dealkylation sites (tertiary alicyclic amines) is 1. The molecular formula is C22H38N4O2. The summed E-state index contributed by atoms with van der Waals surface area (Å²) >= 11 is 0. The van der Waals surface area contributed by atoms with Crippen LogP contribution in [0.5, 0.6) is 11.5 Å². The lowest BCUT2D eigenvalue weighted by Crippen LogP contribution is -2.44. The molecule has 2 rings (SSSR count). The van der Waals surface area contributed by atoms with Crippen LogP contribution in [0, 0.1) is 5.92 Å². The highest BCUT2D eigenvalue weighted by Gasteiger charge is 2.19. The van der Waals surface area contributed by atoms with Gasteiger partial charge in [0.2, 0.25) is 0 Å². The Morgan fingerprint density at radius 2 is 1.93 bits per heavy atom. The Morgan fingerprint density at radius 3 is 2.54 bits per heavy atom. The predicted octanol–water partition coefficient (Wildman–Crippen LogP) is 2.88. The Bertz CT molecular complexity index is 613. The van der Waals surface area contributed by atoms with Gasteiger partial charge in [0.1, 0.15) is 0 Å². The molecule has 1 saturated heterocycles. The molecule has 0 aliphatic carbocycles. The lowest BCUT2D eigenvalue weighted by atomic mass is 9.97. The second-order valence-corrected chi connectivity index (χ2v) is 7.57. The van der Waals surface area contributed by atoms with Crippen LogP contribution in [0.2, 0.25) is 0 Å². The first-order valence-corrected chi connectivity index (χ1v) is 10.5. The highest BCUT2D eigenvalue weighted by atomic mass is 16.5. The molecule has 0 radical (unpaired) electrons. The molecule has 1 aliphatic heterocycles. The molecule has 0 amide bonds. The van der Waals surface area contributed by atoms with Gasteiger partial charge in [-0.2, -0.15) is 0 Å². The molecule has 158 valence electrons. The van der Waals surface area contributed by atoms with E-state index in [2.05, 4.69) is 40.1 Å². The van der Waals surface area contributed by atoms with Gasteiger partial charge in [0.05, 0.1) is 14.2 Å². The van der Waals surface area contributed by atoms with Crippen molar-refractivity contribution in [2.24, 2.45) is 10.9 Å². The van der Waals surface area contributed by atoms with Crippen LogP contribution < -0.4 is 14.8 Å². The van der Waals surface area contributed by atoms with Crippen LogP contribution in [-0.2, 0) is 6.42 Å². The number of methoxy groups -OCH3 is 2. The zero-order valence-electron chi connectivity index (χ0n) is 18.3. The van der Waals surface area contributed by atoms with E-state index in [1.165, 1.54) is 44.5 Å². The molecule has 0 aromatic heterocycles. The summed E-state index contributed by atoms with van der Waals surface area (Å²) in [5.41, 5.74) is 1.23. The van der Waals surface area contributed by atoms with Crippen molar-refractivity contribution < 1.29 is 9.47 Å². The number of nitrogens with one attached hydrogen (secondary N) is 1. The first kappa shape index (κ1) is 22.3. The maximum Gasteiger partial charge on any atom is 0.193 e. The minimum atomic E-state index is 0.740. The first-order valence-electron chi connectivity index (χ1n) is 10.5. The van der Waals surface area contributed by atoms with Crippen LogP contribution in [0.15, 0.2) is 23.2 Å². The van der Waals surface area contributed by atoms with Crippen molar-refractivity contribution in [1.82, 2.24) is 15.1 Å². The molecule has 28 heavy (non-hydrogen) atoms. The quantitative estimate of drug-likeness (QED) is 0.519. The Hall–Kier alpha value is -1.95. The SMILES string of the molecule is CCCN1CCC(CNC(=NC)N(C)CCc2ccc(OC)c(OC)c2)CC1. The molecular weight excluding hydrogens is 352 g/mol. The number of likely N-dealkylation sites (N-methyl/N-ethyl adjacent to an activating group) is 1. The van der Waals surface area contributed by atoms with Gasteiger partial charge < -0.3 is 24.6 Å². The number of guanidine groups is 1. The van der Waals surface area contributed by atoms with Gasteiger partial charge in [0, 0.05) is 27.2 Å². The third kappa shape index (κ3) is 6.59. The van der Waals surface area contributed by atoms with Crippen molar-refractivity contribution >= 4 is 5.96 Å². The average Bonchev–Trinajstić information content (AvgIpc) is 2.73. The van der Waals surface area contributed by atoms with Crippen molar-refractivity contribution in [3.8, 4) is 11.5 Å². The number of ether oxygens (including phenoxy) is 2. The zero-order chi connectivity index (χ0) is 20.4. The number of rotatable bonds is 9. The molecule has 0 bridgehead atoms. The topological polar surface area (TPSA) is 49.3 Å². The number of aliphatic imine (C=N–C) groups is 1. The predicted molar refractivity (Wildman–Crippen MR) is 117 cm³/mol. The van der Waals surface area contributed by atoms with Crippen LogP contribution in [0.25, 0.3) is 0 Å². The summed E-state index contributed by atoms with van der Waals surface area (Å²) < 4.78 is 10.7. The van der Waals surface area contributed by atoms with Gasteiger partial charge in [-0.25, -0.2) is 0 Å². The summed E-state index contributed by atoms with van der Waals surface area (Å²) in [6.45, 7) is 7.86. The zero-order valence-corrected chi connectivity index (χ0v) is 18.3. The summed E-state index contributed by atoms with van der Waals surface area (Å²) in [5, 5.41) is 3.58. The molecule has 0 atom stereocenters. The summed E-state index contributed by atoms with van der Waals surface area (Å²) in [6.07, 6.45) is 4.73. The molecule has 6 nitrogen and oxygen atoms in total. The van der Waals surface area contributed by atoms with Gasteiger partial charge in [0.15, 0.2) is 17.5 Å². The van der Waals surface area contributed by atoms with Gasteiger partial charge in [-0.3, -0.25) is 4.99 Å². The largest absolute Gasteiger partial charge is 0.493 e. The minimum absolute atomic E-state index is 0.740. The third-order valence-electron chi connectivity index (χ3n) is 5.55. The van der Waals surface area contributed by atoms with Crippen molar-refractivity contribution in [2.75, 3.05) is 61.0 Å². The van der Waals surface area contributed by atoms with E-state index >= 15 is 0 Å². The molecule has 1 heterocycles. The lowest BCUT2D eigenvalue weighted by Gasteiger charge is -2.32. The number of hydrogen-bond acceptors (Lipinski definition) is 4. The summed E-state index contributed by atoms with van der Waals surface area (Å²) in [4.78, 5) is 9.25. The van der Waals surface area contributed by atoms with Gasteiger partial charge >= 0.3 is 0 Å². The smallest absolute Gasteiger partial charge is 0.193 e. The van der Waals surface area contributed by atoms with Crippen molar-refractivity contribution in [1.29, 1.82) is 0 Å². The van der Waals surface area contributed by atoms with Crippen molar-refractivity contribution in [2.45, 2.75) is 32.6 Å². The maximum atomic E-state index is 5.40. The second kappa shape index (κ2) is 11.8. The molecule has 1 aromatic rings.